The molecular formula is C21H21N3O3. The first-order valence-corrected chi connectivity index (χ1v) is 8.69. The van der Waals surface area contributed by atoms with E-state index < -0.39 is 5.91 Å². The summed E-state index contributed by atoms with van der Waals surface area (Å²) in [5, 5.41) is 3.61. The normalized spacial score (nSPS) is 10.9. The summed E-state index contributed by atoms with van der Waals surface area (Å²) in [6.45, 7) is 3.92. The van der Waals surface area contributed by atoms with Crippen LogP contribution in [0.5, 0.6) is 0 Å². The van der Waals surface area contributed by atoms with Crippen LogP contribution in [0.15, 0.2) is 53.3 Å². The van der Waals surface area contributed by atoms with Crippen molar-refractivity contribution in [2.75, 3.05) is 5.32 Å². The lowest BCUT2D eigenvalue weighted by atomic mass is 10.0. The molecule has 0 bridgehead atoms. The van der Waals surface area contributed by atoms with Crippen LogP contribution in [0.1, 0.15) is 41.3 Å². The minimum Gasteiger partial charge on any atom is -0.366 e. The Hall–Kier alpha value is -3.41. The molecule has 1 aromatic heterocycles. The standard InChI is InChI=1S/C21H21N3O3/c1-12(2)16-11-14-9-13(7-8-17(14)24-21(16)27)10-19(25)23-18-6-4-3-5-15(18)20(22)26/h3-9,11-12H,10H2,1-2H3,(H2,22,26)(H,23,25)(H,24,27). The number of nitrogens with two attached hydrogens (primary N) is 1. The molecule has 2 aromatic carbocycles. The number of aromatic nitrogens is 1. The van der Waals surface area contributed by atoms with E-state index >= 15 is 0 Å². The zero-order valence-corrected chi connectivity index (χ0v) is 15.2. The number of carbonyl (C=O) groups is 2. The molecule has 0 saturated heterocycles. The van der Waals surface area contributed by atoms with Gasteiger partial charge in [0, 0.05) is 11.1 Å². The quantitative estimate of drug-likeness (QED) is 0.649. The summed E-state index contributed by atoms with van der Waals surface area (Å²) < 4.78 is 0. The van der Waals surface area contributed by atoms with Crippen LogP contribution >= 0.6 is 0 Å². The maximum atomic E-state index is 12.4. The van der Waals surface area contributed by atoms with Crippen molar-refractivity contribution in [3.8, 4) is 0 Å². The topological polar surface area (TPSA) is 105 Å². The van der Waals surface area contributed by atoms with Crippen LogP contribution in [0.25, 0.3) is 10.9 Å². The van der Waals surface area contributed by atoms with Crippen molar-refractivity contribution in [3.05, 3.63) is 75.6 Å². The van der Waals surface area contributed by atoms with E-state index in [0.717, 1.165) is 16.5 Å². The summed E-state index contributed by atoms with van der Waals surface area (Å²) in [5.74, 6) is -0.742. The zero-order chi connectivity index (χ0) is 19.6. The number of hydrogen-bond donors (Lipinski definition) is 3. The number of para-hydroxylation sites is 1. The van der Waals surface area contributed by atoms with Gasteiger partial charge < -0.3 is 16.0 Å². The van der Waals surface area contributed by atoms with E-state index in [1.54, 1.807) is 36.4 Å². The van der Waals surface area contributed by atoms with Gasteiger partial charge in [-0.3, -0.25) is 14.4 Å². The second-order valence-electron chi connectivity index (χ2n) is 6.76. The lowest BCUT2D eigenvalue weighted by Gasteiger charge is -2.10. The highest BCUT2D eigenvalue weighted by Crippen LogP contribution is 2.19. The number of H-pyrrole nitrogens is 1. The van der Waals surface area contributed by atoms with Gasteiger partial charge in [-0.2, -0.15) is 0 Å². The number of primary amides is 1. The molecule has 0 aliphatic carbocycles. The molecular weight excluding hydrogens is 342 g/mol. The lowest BCUT2D eigenvalue weighted by Crippen LogP contribution is -2.19. The Balaban J connectivity index is 1.84. The van der Waals surface area contributed by atoms with Crippen molar-refractivity contribution >= 4 is 28.4 Å². The van der Waals surface area contributed by atoms with Crippen molar-refractivity contribution in [1.29, 1.82) is 0 Å². The van der Waals surface area contributed by atoms with Gasteiger partial charge in [0.05, 0.1) is 17.7 Å². The maximum Gasteiger partial charge on any atom is 0.251 e. The fourth-order valence-corrected chi connectivity index (χ4v) is 3.00. The Bertz CT molecular complexity index is 1080. The van der Waals surface area contributed by atoms with Gasteiger partial charge in [0.25, 0.3) is 11.5 Å². The number of pyridine rings is 1. The Morgan fingerprint density at radius 3 is 2.56 bits per heavy atom. The van der Waals surface area contributed by atoms with E-state index in [4.69, 9.17) is 5.73 Å². The van der Waals surface area contributed by atoms with E-state index in [2.05, 4.69) is 10.3 Å². The molecule has 138 valence electrons. The van der Waals surface area contributed by atoms with E-state index in [0.29, 0.717) is 11.3 Å². The van der Waals surface area contributed by atoms with Gasteiger partial charge in [-0.1, -0.05) is 32.0 Å². The molecule has 3 aromatic rings. The van der Waals surface area contributed by atoms with E-state index in [9.17, 15) is 14.4 Å². The SMILES string of the molecule is CC(C)c1cc2cc(CC(=O)Nc3ccccc3C(N)=O)ccc2[nH]c1=O. The van der Waals surface area contributed by atoms with Crippen molar-refractivity contribution in [2.45, 2.75) is 26.2 Å². The van der Waals surface area contributed by atoms with Gasteiger partial charge in [0.15, 0.2) is 0 Å². The number of nitrogens with one attached hydrogen (secondary N) is 2. The average molecular weight is 363 g/mol. The molecule has 6 heteroatoms. The van der Waals surface area contributed by atoms with E-state index in [1.165, 1.54) is 0 Å². The predicted molar refractivity (Wildman–Crippen MR) is 106 cm³/mol. The van der Waals surface area contributed by atoms with E-state index in [1.807, 2.05) is 26.0 Å². The fourth-order valence-electron chi connectivity index (χ4n) is 3.00. The second-order valence-corrected chi connectivity index (χ2v) is 6.76. The summed E-state index contributed by atoms with van der Waals surface area (Å²) in [6, 6.07) is 14.0. The first kappa shape index (κ1) is 18.4. The highest BCUT2D eigenvalue weighted by molar-refractivity contribution is 6.03. The monoisotopic (exact) mass is 363 g/mol. The molecule has 0 aliphatic rings. The summed E-state index contributed by atoms with van der Waals surface area (Å²) in [6.07, 6.45) is 0.138. The summed E-state index contributed by atoms with van der Waals surface area (Å²) in [4.78, 5) is 38.8. The number of hydrogen-bond acceptors (Lipinski definition) is 3. The van der Waals surface area contributed by atoms with Crippen LogP contribution in [-0.4, -0.2) is 16.8 Å². The fraction of sp³-hybridized carbons (Fsp3) is 0.190. The Morgan fingerprint density at radius 1 is 1.11 bits per heavy atom. The van der Waals surface area contributed by atoms with Crippen molar-refractivity contribution in [1.82, 2.24) is 4.98 Å². The van der Waals surface area contributed by atoms with Crippen LogP contribution in [0.3, 0.4) is 0 Å². The Morgan fingerprint density at radius 2 is 1.85 bits per heavy atom. The van der Waals surface area contributed by atoms with Crippen LogP contribution in [0.2, 0.25) is 0 Å². The van der Waals surface area contributed by atoms with Gasteiger partial charge in [-0.15, -0.1) is 0 Å². The second kappa shape index (κ2) is 7.45. The minimum atomic E-state index is -0.596. The van der Waals surface area contributed by atoms with Gasteiger partial charge in [0.2, 0.25) is 5.91 Å². The van der Waals surface area contributed by atoms with Crippen LogP contribution in [-0.2, 0) is 11.2 Å². The Labute approximate surface area is 156 Å². The minimum absolute atomic E-state index is 0.0916. The van der Waals surface area contributed by atoms with Crippen molar-refractivity contribution in [2.24, 2.45) is 5.73 Å². The zero-order valence-electron chi connectivity index (χ0n) is 15.2. The lowest BCUT2D eigenvalue weighted by molar-refractivity contribution is -0.115. The highest BCUT2D eigenvalue weighted by Gasteiger charge is 2.12. The Kier molecular flexibility index (Phi) is 5.07. The number of rotatable bonds is 5. The third-order valence-electron chi connectivity index (χ3n) is 4.39. The molecule has 1 heterocycles. The molecule has 0 radical (unpaired) electrons. The summed E-state index contributed by atoms with van der Waals surface area (Å²) in [7, 11) is 0. The maximum absolute atomic E-state index is 12.4. The summed E-state index contributed by atoms with van der Waals surface area (Å²) in [5.41, 5.74) is 8.14. The predicted octanol–water partition coefficient (Wildman–Crippen LogP) is 2.93. The molecule has 0 atom stereocenters. The van der Waals surface area contributed by atoms with Gasteiger partial charge in [0.1, 0.15) is 0 Å². The molecule has 0 spiro atoms. The molecule has 0 unspecified atom stereocenters. The molecule has 3 rings (SSSR count). The van der Waals surface area contributed by atoms with Crippen molar-refractivity contribution < 1.29 is 9.59 Å². The molecule has 2 amide bonds. The molecule has 0 saturated carbocycles. The summed E-state index contributed by atoms with van der Waals surface area (Å²) >= 11 is 0. The van der Waals surface area contributed by atoms with Crippen LogP contribution < -0.4 is 16.6 Å². The van der Waals surface area contributed by atoms with Crippen molar-refractivity contribution in [3.63, 3.8) is 0 Å². The molecule has 0 aliphatic heterocycles. The number of anilines is 1. The van der Waals surface area contributed by atoms with Gasteiger partial charge in [-0.05, 0) is 47.2 Å². The van der Waals surface area contributed by atoms with Crippen LogP contribution in [0, 0.1) is 0 Å². The van der Waals surface area contributed by atoms with Gasteiger partial charge >= 0.3 is 0 Å². The third-order valence-corrected chi connectivity index (χ3v) is 4.39. The molecule has 0 fully saturated rings. The number of aromatic amines is 1. The number of fused-ring (bicyclic) bond motifs is 1. The number of amides is 2. The molecule has 6 nitrogen and oxygen atoms in total. The first-order chi connectivity index (χ1) is 12.8. The van der Waals surface area contributed by atoms with E-state index in [-0.39, 0.29) is 29.4 Å². The first-order valence-electron chi connectivity index (χ1n) is 8.69. The molecule has 27 heavy (non-hydrogen) atoms. The van der Waals surface area contributed by atoms with Gasteiger partial charge in [-0.25, -0.2) is 0 Å². The number of carbonyl (C=O) groups excluding carboxylic acids is 2. The highest BCUT2D eigenvalue weighted by atomic mass is 16.2. The third kappa shape index (κ3) is 4.06. The number of benzene rings is 2. The smallest absolute Gasteiger partial charge is 0.251 e. The largest absolute Gasteiger partial charge is 0.366 e. The average Bonchev–Trinajstić information content (AvgIpc) is 2.61. The van der Waals surface area contributed by atoms with Crippen LogP contribution in [0.4, 0.5) is 5.69 Å². The molecule has 4 N–H and O–H groups in total.